The third-order valence-corrected chi connectivity index (χ3v) is 3.46. The summed E-state index contributed by atoms with van der Waals surface area (Å²) in [5.41, 5.74) is 5.64. The molecule has 98 valence electrons. The van der Waals surface area contributed by atoms with Crippen LogP contribution in [0.25, 0.3) is 0 Å². The summed E-state index contributed by atoms with van der Waals surface area (Å²) in [4.78, 5) is 31.3. The number of hydrogen-bond acceptors (Lipinski definition) is 4. The van der Waals surface area contributed by atoms with Gasteiger partial charge in [-0.25, -0.2) is 4.98 Å². The van der Waals surface area contributed by atoms with Crippen molar-refractivity contribution in [2.45, 2.75) is 25.8 Å². The van der Waals surface area contributed by atoms with Gasteiger partial charge in [0, 0.05) is 18.8 Å². The molecule has 0 saturated carbocycles. The van der Waals surface area contributed by atoms with E-state index in [-0.39, 0.29) is 23.2 Å². The molecule has 1 aliphatic rings. The van der Waals surface area contributed by atoms with Gasteiger partial charge in [0.15, 0.2) is 0 Å². The summed E-state index contributed by atoms with van der Waals surface area (Å²) in [5, 5.41) is 0. The molecule has 2 atom stereocenters. The lowest BCUT2D eigenvalue weighted by Gasteiger charge is -2.37. The number of piperidine rings is 1. The van der Waals surface area contributed by atoms with Crippen molar-refractivity contribution in [3.8, 4) is 0 Å². The summed E-state index contributed by atoms with van der Waals surface area (Å²) in [6.45, 7) is 3.28. The summed E-state index contributed by atoms with van der Waals surface area (Å²) in [7, 11) is 0. The topological polar surface area (TPSA) is 92.1 Å². The fourth-order valence-electron chi connectivity index (χ4n) is 2.26. The van der Waals surface area contributed by atoms with E-state index in [4.69, 9.17) is 5.73 Å². The van der Waals surface area contributed by atoms with E-state index in [2.05, 4.69) is 9.97 Å². The van der Waals surface area contributed by atoms with E-state index in [9.17, 15) is 9.59 Å². The molecule has 1 aromatic heterocycles. The van der Waals surface area contributed by atoms with Gasteiger partial charge in [-0.3, -0.25) is 9.59 Å². The van der Waals surface area contributed by atoms with E-state index in [1.54, 1.807) is 4.90 Å². The number of carbonyl (C=O) groups is 1. The Balaban J connectivity index is 2.16. The lowest BCUT2D eigenvalue weighted by Crippen LogP contribution is -2.47. The molecule has 1 fully saturated rings. The van der Waals surface area contributed by atoms with Gasteiger partial charge in [0.05, 0.1) is 6.20 Å². The highest BCUT2D eigenvalue weighted by atomic mass is 16.2. The van der Waals surface area contributed by atoms with Crippen LogP contribution < -0.4 is 11.3 Å². The molecule has 1 aromatic rings. The minimum Gasteiger partial charge on any atom is -0.334 e. The smallest absolute Gasteiger partial charge is 0.274 e. The minimum absolute atomic E-state index is 0.142. The molecule has 0 spiro atoms. The van der Waals surface area contributed by atoms with Crippen molar-refractivity contribution in [2.24, 2.45) is 11.7 Å². The zero-order valence-electron chi connectivity index (χ0n) is 10.4. The Hall–Kier alpha value is -1.69. The van der Waals surface area contributed by atoms with E-state index < -0.39 is 0 Å². The molecule has 0 radical (unpaired) electrons. The minimum atomic E-state index is -0.307. The quantitative estimate of drug-likeness (QED) is 0.771. The van der Waals surface area contributed by atoms with E-state index >= 15 is 0 Å². The van der Waals surface area contributed by atoms with Crippen molar-refractivity contribution >= 4 is 5.91 Å². The molecule has 2 unspecified atom stereocenters. The van der Waals surface area contributed by atoms with Crippen molar-refractivity contribution in [1.82, 2.24) is 14.9 Å². The van der Waals surface area contributed by atoms with Crippen LogP contribution in [0.15, 0.2) is 17.2 Å². The van der Waals surface area contributed by atoms with Gasteiger partial charge in [0.25, 0.3) is 11.5 Å². The second-order valence-electron chi connectivity index (χ2n) is 4.78. The third-order valence-electron chi connectivity index (χ3n) is 3.46. The van der Waals surface area contributed by atoms with Crippen molar-refractivity contribution in [3.05, 3.63) is 28.4 Å². The molecule has 2 rings (SSSR count). The first kappa shape index (κ1) is 12.8. The van der Waals surface area contributed by atoms with Crippen LogP contribution in [0, 0.1) is 5.92 Å². The molecule has 0 aromatic carbocycles. The van der Waals surface area contributed by atoms with Crippen molar-refractivity contribution < 1.29 is 4.79 Å². The Morgan fingerprint density at radius 2 is 2.39 bits per heavy atom. The maximum absolute atomic E-state index is 12.3. The molecular formula is C12H18N4O2. The standard InChI is InChI=1S/C12H18N4O2/c1-8-2-3-9(4-13)7-16(8)12(18)10-5-15-11(17)6-14-10/h5-6,8-9H,2-4,7,13H2,1H3,(H,15,17). The fraction of sp³-hybridized carbons (Fsp3) is 0.583. The lowest BCUT2D eigenvalue weighted by atomic mass is 9.93. The highest BCUT2D eigenvalue weighted by molar-refractivity contribution is 5.92. The van der Waals surface area contributed by atoms with Crippen molar-refractivity contribution in [3.63, 3.8) is 0 Å². The normalized spacial score (nSPS) is 24.0. The summed E-state index contributed by atoms with van der Waals surface area (Å²) < 4.78 is 0. The molecule has 0 bridgehead atoms. The van der Waals surface area contributed by atoms with Crippen LogP contribution in [0.5, 0.6) is 0 Å². The van der Waals surface area contributed by atoms with Crippen molar-refractivity contribution in [2.75, 3.05) is 13.1 Å². The van der Waals surface area contributed by atoms with Gasteiger partial charge in [0.2, 0.25) is 0 Å². The largest absolute Gasteiger partial charge is 0.334 e. The van der Waals surface area contributed by atoms with Gasteiger partial charge in [0.1, 0.15) is 5.69 Å². The Bertz CT molecular complexity index is 465. The Kier molecular flexibility index (Phi) is 3.76. The van der Waals surface area contributed by atoms with Crippen LogP contribution in [0.3, 0.4) is 0 Å². The van der Waals surface area contributed by atoms with Crippen LogP contribution in [0.1, 0.15) is 30.3 Å². The number of carbonyl (C=O) groups excluding carboxylic acids is 1. The van der Waals surface area contributed by atoms with Gasteiger partial charge < -0.3 is 15.6 Å². The Morgan fingerprint density at radius 1 is 1.61 bits per heavy atom. The first-order chi connectivity index (χ1) is 8.61. The number of amides is 1. The average Bonchev–Trinajstić information content (AvgIpc) is 2.39. The van der Waals surface area contributed by atoms with Gasteiger partial charge in [-0.2, -0.15) is 0 Å². The molecule has 0 aliphatic carbocycles. The van der Waals surface area contributed by atoms with Gasteiger partial charge in [-0.05, 0) is 32.2 Å². The Morgan fingerprint density at radius 3 is 3.00 bits per heavy atom. The summed E-state index contributed by atoms with van der Waals surface area (Å²) in [6, 6.07) is 0.189. The predicted molar refractivity (Wildman–Crippen MR) is 67.1 cm³/mol. The van der Waals surface area contributed by atoms with Gasteiger partial charge in [-0.15, -0.1) is 0 Å². The first-order valence-corrected chi connectivity index (χ1v) is 6.17. The third kappa shape index (κ3) is 2.59. The van der Waals surface area contributed by atoms with Crippen LogP contribution in [-0.2, 0) is 0 Å². The molecule has 1 amide bonds. The molecule has 2 heterocycles. The second kappa shape index (κ2) is 5.30. The van der Waals surface area contributed by atoms with E-state index in [1.807, 2.05) is 6.92 Å². The highest BCUT2D eigenvalue weighted by Gasteiger charge is 2.29. The molecular weight excluding hydrogens is 232 g/mol. The SMILES string of the molecule is CC1CCC(CN)CN1C(=O)c1c[nH]c(=O)cn1. The summed E-state index contributed by atoms with van der Waals surface area (Å²) in [5.74, 6) is 0.213. The number of H-pyrrole nitrogens is 1. The van der Waals surface area contributed by atoms with E-state index in [0.29, 0.717) is 19.0 Å². The first-order valence-electron chi connectivity index (χ1n) is 6.17. The molecule has 18 heavy (non-hydrogen) atoms. The average molecular weight is 250 g/mol. The number of nitrogens with one attached hydrogen (secondary N) is 1. The molecule has 1 saturated heterocycles. The maximum Gasteiger partial charge on any atom is 0.274 e. The lowest BCUT2D eigenvalue weighted by molar-refractivity contribution is 0.0560. The number of nitrogens with two attached hydrogens (primary N) is 1. The van der Waals surface area contributed by atoms with Crippen LogP contribution in [0.2, 0.25) is 0 Å². The number of hydrogen-bond donors (Lipinski definition) is 2. The Labute approximate surface area is 105 Å². The van der Waals surface area contributed by atoms with Crippen molar-refractivity contribution in [1.29, 1.82) is 0 Å². The van der Waals surface area contributed by atoms with Crippen LogP contribution >= 0.6 is 0 Å². The number of aromatic amines is 1. The van der Waals surface area contributed by atoms with Gasteiger partial charge >= 0.3 is 0 Å². The second-order valence-corrected chi connectivity index (χ2v) is 4.78. The zero-order valence-corrected chi connectivity index (χ0v) is 10.4. The molecule has 6 heteroatoms. The molecule has 6 nitrogen and oxygen atoms in total. The van der Waals surface area contributed by atoms with Gasteiger partial charge in [-0.1, -0.05) is 0 Å². The predicted octanol–water partition coefficient (Wildman–Crippen LogP) is -0.0307. The fourth-order valence-corrected chi connectivity index (χ4v) is 2.26. The maximum atomic E-state index is 12.3. The summed E-state index contributed by atoms with van der Waals surface area (Å²) in [6.07, 6.45) is 4.50. The summed E-state index contributed by atoms with van der Waals surface area (Å²) >= 11 is 0. The van der Waals surface area contributed by atoms with E-state index in [1.165, 1.54) is 6.20 Å². The zero-order chi connectivity index (χ0) is 13.1. The molecule has 3 N–H and O–H groups in total. The molecule has 1 aliphatic heterocycles. The number of likely N-dealkylation sites (tertiary alicyclic amines) is 1. The monoisotopic (exact) mass is 250 g/mol. The number of nitrogens with zero attached hydrogens (tertiary/aromatic N) is 2. The van der Waals surface area contributed by atoms with Crippen LogP contribution in [-0.4, -0.2) is 39.9 Å². The number of rotatable bonds is 2. The highest BCUT2D eigenvalue weighted by Crippen LogP contribution is 2.22. The van der Waals surface area contributed by atoms with Crippen LogP contribution in [0.4, 0.5) is 0 Å². The number of aromatic nitrogens is 2. The van der Waals surface area contributed by atoms with E-state index in [0.717, 1.165) is 19.0 Å².